The maximum absolute atomic E-state index is 4.82. The largest absolute Gasteiger partial charge is 4.00 e. The van der Waals surface area contributed by atoms with Gasteiger partial charge in [0, 0.05) is 0 Å². The first-order valence-corrected chi connectivity index (χ1v) is 32.7. The molecule has 10 heteroatoms. The third-order valence-corrected chi connectivity index (χ3v) is 18.7. The van der Waals surface area contributed by atoms with Crippen LogP contribution in [0.25, 0.3) is 13.9 Å². The summed E-state index contributed by atoms with van der Waals surface area (Å²) < 4.78 is 14.5. The first kappa shape index (κ1) is 41.5. The van der Waals surface area contributed by atoms with Gasteiger partial charge in [-0.1, -0.05) is 167 Å². The molecule has 0 amide bonds. The monoisotopic (exact) mass is 593 g/mol. The van der Waals surface area contributed by atoms with Gasteiger partial charge in [0.05, 0.1) is 0 Å². The molecule has 0 atom stereocenters. The Kier molecular flexibility index (Phi) is 21.4. The Morgan fingerprint density at radius 3 is 0.697 bits per heavy atom. The minimum Gasteiger partial charge on any atom is -0.668 e. The summed E-state index contributed by atoms with van der Waals surface area (Å²) >= 11 is 0. The summed E-state index contributed by atoms with van der Waals surface area (Å²) in [5, 5.41) is 0. The minimum atomic E-state index is -1.11. The minimum absolute atomic E-state index is 0. The average Bonchev–Trinajstić information content (AvgIpc) is 2.82. The second-order valence-corrected chi connectivity index (χ2v) is 43.1. The van der Waals surface area contributed by atoms with Gasteiger partial charge in [-0.3, -0.25) is 6.08 Å². The van der Waals surface area contributed by atoms with Crippen LogP contribution in [0.2, 0.25) is 118 Å². The standard InChI is InChI=1S/3C6H18NSi2.C5H5.Ti/c3*1-8(2,3)7-9(4,5)6;1-2-4-5-3-1;/h3*1-6H3;1-3H,4H2;/q4*-1;+4. The number of rotatable bonds is 6. The topological polar surface area (TPSA) is 42.3 Å². The summed E-state index contributed by atoms with van der Waals surface area (Å²) in [6, 6.07) is 0. The fraction of sp³-hybridized carbons (Fsp3) is 0.826. The molecule has 0 fully saturated rings. The molecule has 0 bridgehead atoms. The maximum atomic E-state index is 4.82. The number of nitrogens with zero attached hydrogens (tertiary/aromatic N) is 3. The van der Waals surface area contributed by atoms with Gasteiger partial charge in [-0.05, 0) is 0 Å². The van der Waals surface area contributed by atoms with Crippen LogP contribution in [0.5, 0.6) is 0 Å². The van der Waals surface area contributed by atoms with E-state index in [2.05, 4.69) is 130 Å². The fourth-order valence-electron chi connectivity index (χ4n) is 3.36. The predicted octanol–water partition coefficient (Wildman–Crippen LogP) is 10.4. The number of hydrogen-bond acceptors (Lipinski definition) is 0. The van der Waals surface area contributed by atoms with Gasteiger partial charge in [-0.25, -0.2) is 12.2 Å². The smallest absolute Gasteiger partial charge is 0.668 e. The summed E-state index contributed by atoms with van der Waals surface area (Å²) in [5.74, 6) is 0. The van der Waals surface area contributed by atoms with Crippen molar-refractivity contribution in [3.8, 4) is 0 Å². The molecule has 0 unspecified atom stereocenters. The normalized spacial score (nSPS) is 14.1. The molecule has 1 rings (SSSR count). The molecule has 194 valence electrons. The van der Waals surface area contributed by atoms with Gasteiger partial charge in [0.2, 0.25) is 0 Å². The zero-order chi connectivity index (χ0) is 26.7. The second kappa shape index (κ2) is 17.0. The summed E-state index contributed by atoms with van der Waals surface area (Å²) in [4.78, 5) is 0. The first-order valence-electron chi connectivity index (χ1n) is 12.1. The van der Waals surface area contributed by atoms with Crippen molar-refractivity contribution in [2.24, 2.45) is 0 Å². The molecule has 0 N–H and O–H groups in total. The molecule has 1 aliphatic carbocycles. The Morgan fingerprint density at radius 2 is 0.667 bits per heavy atom. The Balaban J connectivity index is -0.000000171. The van der Waals surface area contributed by atoms with Crippen LogP contribution >= 0.6 is 0 Å². The van der Waals surface area contributed by atoms with Crippen molar-refractivity contribution in [2.45, 2.75) is 124 Å². The van der Waals surface area contributed by atoms with Gasteiger partial charge >= 0.3 is 21.7 Å². The Morgan fingerprint density at radius 1 is 0.455 bits per heavy atom. The molecule has 1 aliphatic rings. The molecule has 0 aromatic carbocycles. The molecule has 0 aromatic rings. The zero-order valence-electron chi connectivity index (χ0n) is 25.8. The van der Waals surface area contributed by atoms with E-state index in [0.29, 0.717) is 0 Å². The molecule has 0 aromatic heterocycles. The van der Waals surface area contributed by atoms with Crippen LogP contribution in [-0.4, -0.2) is 49.4 Å². The first-order chi connectivity index (χ1) is 13.6. The van der Waals surface area contributed by atoms with Crippen molar-refractivity contribution in [3.05, 3.63) is 38.2 Å². The van der Waals surface area contributed by atoms with Gasteiger partial charge in [0.15, 0.2) is 0 Å². The van der Waals surface area contributed by atoms with E-state index in [-0.39, 0.29) is 21.7 Å². The van der Waals surface area contributed by atoms with Crippen LogP contribution in [0.4, 0.5) is 0 Å². The van der Waals surface area contributed by atoms with Crippen molar-refractivity contribution < 1.29 is 21.7 Å². The van der Waals surface area contributed by atoms with E-state index in [9.17, 15) is 0 Å². The van der Waals surface area contributed by atoms with E-state index < -0.39 is 49.4 Å². The molecule has 0 spiro atoms. The predicted molar refractivity (Wildman–Crippen MR) is 172 cm³/mol. The average molecular weight is 594 g/mol. The van der Waals surface area contributed by atoms with Crippen LogP contribution in [0.15, 0.2) is 18.2 Å². The van der Waals surface area contributed by atoms with Crippen LogP contribution in [0.3, 0.4) is 0 Å². The summed E-state index contributed by atoms with van der Waals surface area (Å²) in [6.45, 7) is 41.3. The van der Waals surface area contributed by atoms with Crippen molar-refractivity contribution >= 4 is 49.4 Å². The Bertz CT molecular complexity index is 434. The van der Waals surface area contributed by atoms with Crippen LogP contribution in [-0.2, 0) is 21.7 Å². The van der Waals surface area contributed by atoms with E-state index >= 15 is 0 Å². The molecular weight excluding hydrogens is 535 g/mol. The van der Waals surface area contributed by atoms with Crippen molar-refractivity contribution in [1.29, 1.82) is 0 Å². The summed E-state index contributed by atoms with van der Waals surface area (Å²) in [5.41, 5.74) is 0. The van der Waals surface area contributed by atoms with Gasteiger partial charge < -0.3 is 13.9 Å². The zero-order valence-corrected chi connectivity index (χ0v) is 33.3. The quantitative estimate of drug-likeness (QED) is 0.217. The molecule has 3 nitrogen and oxygen atoms in total. The third kappa shape index (κ3) is 55.3. The molecule has 0 saturated carbocycles. The van der Waals surface area contributed by atoms with E-state index in [1.54, 1.807) is 0 Å². The Hall–Kier alpha value is 1.38. The third-order valence-electron chi connectivity index (χ3n) is 2.60. The second-order valence-electron chi connectivity index (χ2n) is 14.4. The summed E-state index contributed by atoms with van der Waals surface area (Å²) in [7, 11) is -6.64. The van der Waals surface area contributed by atoms with E-state index in [1.807, 2.05) is 12.2 Å². The molecule has 33 heavy (non-hydrogen) atoms. The van der Waals surface area contributed by atoms with Gasteiger partial charge in [0.25, 0.3) is 0 Å². The van der Waals surface area contributed by atoms with E-state index in [0.717, 1.165) is 6.42 Å². The fourth-order valence-corrected chi connectivity index (χ4v) is 27.5. The molecule has 0 aliphatic heterocycles. The van der Waals surface area contributed by atoms with Crippen LogP contribution in [0, 0.1) is 6.08 Å². The maximum Gasteiger partial charge on any atom is 4.00 e. The molecule has 0 heterocycles. The van der Waals surface area contributed by atoms with Crippen molar-refractivity contribution in [3.63, 3.8) is 0 Å². The van der Waals surface area contributed by atoms with Crippen molar-refractivity contribution in [2.75, 3.05) is 0 Å². The van der Waals surface area contributed by atoms with Gasteiger partial charge in [-0.2, -0.15) is 6.08 Å². The van der Waals surface area contributed by atoms with E-state index in [1.165, 1.54) is 0 Å². The van der Waals surface area contributed by atoms with Gasteiger partial charge in [-0.15, -0.1) is 6.42 Å². The molecule has 0 radical (unpaired) electrons. The SMILES string of the molecule is C[Si](C)(C)[N-][Si](C)(C)C.C[Si](C)(C)[N-][Si](C)(C)C.C[Si](C)(C)[N-][Si](C)(C)C.[C-]1=CC=CC1.[Ti+4]. The molecular formula is C23H59N3Si6Ti. The molecule has 0 saturated heterocycles. The Labute approximate surface area is 232 Å². The summed E-state index contributed by atoms with van der Waals surface area (Å²) in [6.07, 6.45) is 10.0. The number of allylic oxidation sites excluding steroid dienone is 4. The van der Waals surface area contributed by atoms with Crippen LogP contribution < -0.4 is 0 Å². The van der Waals surface area contributed by atoms with Crippen molar-refractivity contribution in [1.82, 2.24) is 0 Å². The van der Waals surface area contributed by atoms with Gasteiger partial charge in [0.1, 0.15) is 0 Å². The number of hydrogen-bond donors (Lipinski definition) is 0. The van der Waals surface area contributed by atoms with E-state index in [4.69, 9.17) is 13.9 Å². The van der Waals surface area contributed by atoms with Crippen LogP contribution in [0.1, 0.15) is 6.42 Å².